The molecule has 0 radical (unpaired) electrons. The number of fused-ring (bicyclic) bond motifs is 3. The van der Waals surface area contributed by atoms with Crippen LogP contribution in [-0.2, 0) is 21.4 Å². The number of aromatic nitrogens is 1. The highest BCUT2D eigenvalue weighted by Gasteiger charge is 2.71. The van der Waals surface area contributed by atoms with Crippen LogP contribution in [0.25, 0.3) is 0 Å². The van der Waals surface area contributed by atoms with E-state index in [4.69, 9.17) is 29.4 Å². The molecular weight excluding hydrogens is 374 g/mol. The largest absolute Gasteiger partial charge is 0.487 e. The summed E-state index contributed by atoms with van der Waals surface area (Å²) in [7, 11) is 0. The Labute approximate surface area is 168 Å². The summed E-state index contributed by atoms with van der Waals surface area (Å²) >= 11 is 0. The lowest BCUT2D eigenvalue weighted by molar-refractivity contribution is -0.247. The van der Waals surface area contributed by atoms with Crippen LogP contribution in [0.5, 0.6) is 5.75 Å². The SMILES string of the molecule is Cc1nc(C(=O)Cc2ccc3c(c2)C2(COC(N)=N2)C2(COC2)C(C)(C)O3)co1. The first-order chi connectivity index (χ1) is 13.8. The number of aryl methyl sites for hydroxylation is 1. The van der Waals surface area contributed by atoms with Gasteiger partial charge in [0.2, 0.25) is 0 Å². The molecule has 1 aromatic carbocycles. The second-order valence-corrected chi connectivity index (χ2v) is 8.47. The molecule has 2 N–H and O–H groups in total. The molecule has 1 fully saturated rings. The average molecular weight is 397 g/mol. The number of aliphatic imine (C=N–C) groups is 1. The van der Waals surface area contributed by atoms with Crippen molar-refractivity contribution >= 4 is 11.8 Å². The van der Waals surface area contributed by atoms with Gasteiger partial charge in [0.05, 0.1) is 18.6 Å². The zero-order valence-electron chi connectivity index (χ0n) is 16.7. The van der Waals surface area contributed by atoms with Gasteiger partial charge in [-0.05, 0) is 31.5 Å². The maximum Gasteiger partial charge on any atom is 0.283 e. The normalized spacial score (nSPS) is 25.7. The minimum absolute atomic E-state index is 0.111. The number of carbonyl (C=O) groups is 1. The van der Waals surface area contributed by atoms with Crippen LogP contribution in [0.4, 0.5) is 0 Å². The van der Waals surface area contributed by atoms with Crippen molar-refractivity contribution in [2.45, 2.75) is 38.3 Å². The van der Waals surface area contributed by atoms with Crippen molar-refractivity contribution in [3.8, 4) is 5.75 Å². The van der Waals surface area contributed by atoms with E-state index in [9.17, 15) is 4.79 Å². The molecule has 1 unspecified atom stereocenters. The number of nitrogens with two attached hydrogens (primary N) is 1. The summed E-state index contributed by atoms with van der Waals surface area (Å²) < 4.78 is 22.8. The second kappa shape index (κ2) is 5.82. The molecule has 5 rings (SSSR count). The van der Waals surface area contributed by atoms with Crippen molar-refractivity contribution < 1.29 is 23.4 Å². The third-order valence-corrected chi connectivity index (χ3v) is 6.50. The number of ether oxygens (including phenoxy) is 3. The van der Waals surface area contributed by atoms with Gasteiger partial charge >= 0.3 is 0 Å². The van der Waals surface area contributed by atoms with Gasteiger partial charge in [-0.2, -0.15) is 0 Å². The van der Waals surface area contributed by atoms with Gasteiger partial charge in [-0.25, -0.2) is 9.98 Å². The smallest absolute Gasteiger partial charge is 0.283 e. The Morgan fingerprint density at radius 3 is 2.62 bits per heavy atom. The number of rotatable bonds is 3. The minimum Gasteiger partial charge on any atom is -0.487 e. The lowest BCUT2D eigenvalue weighted by Crippen LogP contribution is -2.71. The Bertz CT molecular complexity index is 1040. The number of Topliss-reactive ketones (excluding diaryl/α,β-unsaturated/α-hetero) is 1. The molecule has 8 heteroatoms. The molecule has 2 spiro atoms. The van der Waals surface area contributed by atoms with Gasteiger partial charge in [-0.1, -0.05) is 6.07 Å². The Morgan fingerprint density at radius 2 is 2.03 bits per heavy atom. The molecule has 1 saturated heterocycles. The van der Waals surface area contributed by atoms with Gasteiger partial charge in [0.25, 0.3) is 6.02 Å². The Hall–Kier alpha value is -2.87. The molecule has 0 bridgehead atoms. The molecule has 8 nitrogen and oxygen atoms in total. The number of ketones is 1. The lowest BCUT2D eigenvalue weighted by atomic mass is 9.55. The summed E-state index contributed by atoms with van der Waals surface area (Å²) in [5.74, 6) is 1.08. The van der Waals surface area contributed by atoms with Gasteiger partial charge in [0.15, 0.2) is 11.7 Å². The molecule has 0 saturated carbocycles. The maximum atomic E-state index is 12.6. The van der Waals surface area contributed by atoms with E-state index in [0.29, 0.717) is 31.4 Å². The molecular formula is C21H23N3O5. The number of oxazole rings is 1. The number of nitrogens with zero attached hydrogens (tertiary/aromatic N) is 2. The fourth-order valence-electron chi connectivity index (χ4n) is 4.70. The molecule has 1 atom stereocenters. The van der Waals surface area contributed by atoms with Crippen molar-refractivity contribution in [3.05, 3.63) is 47.2 Å². The van der Waals surface area contributed by atoms with Crippen LogP contribution < -0.4 is 10.5 Å². The van der Waals surface area contributed by atoms with E-state index in [1.54, 1.807) is 6.92 Å². The molecule has 4 heterocycles. The van der Waals surface area contributed by atoms with Crippen LogP contribution in [0, 0.1) is 12.3 Å². The van der Waals surface area contributed by atoms with Crippen LogP contribution in [0.2, 0.25) is 0 Å². The van der Waals surface area contributed by atoms with Crippen LogP contribution in [0.1, 0.15) is 41.4 Å². The third-order valence-electron chi connectivity index (χ3n) is 6.50. The van der Waals surface area contributed by atoms with E-state index in [-0.39, 0.29) is 18.2 Å². The van der Waals surface area contributed by atoms with E-state index < -0.39 is 16.6 Å². The molecule has 3 aliphatic heterocycles. The fraction of sp³-hybridized carbons (Fsp3) is 0.476. The maximum absolute atomic E-state index is 12.6. The number of carbonyl (C=O) groups excluding carboxylic acids is 1. The average Bonchev–Trinajstić information content (AvgIpc) is 3.21. The van der Waals surface area contributed by atoms with E-state index in [0.717, 1.165) is 16.9 Å². The Morgan fingerprint density at radius 1 is 1.24 bits per heavy atom. The van der Waals surface area contributed by atoms with Crippen molar-refractivity contribution in [2.24, 2.45) is 16.1 Å². The quantitative estimate of drug-likeness (QED) is 0.790. The zero-order valence-corrected chi connectivity index (χ0v) is 16.7. The second-order valence-electron chi connectivity index (χ2n) is 8.47. The van der Waals surface area contributed by atoms with Crippen molar-refractivity contribution in [1.29, 1.82) is 0 Å². The van der Waals surface area contributed by atoms with Gasteiger partial charge in [-0.15, -0.1) is 0 Å². The van der Waals surface area contributed by atoms with Gasteiger partial charge < -0.3 is 24.4 Å². The van der Waals surface area contributed by atoms with Crippen LogP contribution in [-0.4, -0.2) is 42.2 Å². The monoisotopic (exact) mass is 397 g/mol. The van der Waals surface area contributed by atoms with Crippen LogP contribution in [0.3, 0.4) is 0 Å². The molecule has 0 aliphatic carbocycles. The highest BCUT2D eigenvalue weighted by atomic mass is 16.5. The summed E-state index contributed by atoms with van der Waals surface area (Å²) in [6.07, 6.45) is 1.59. The summed E-state index contributed by atoms with van der Waals surface area (Å²) in [6.45, 7) is 7.13. The number of benzene rings is 1. The van der Waals surface area contributed by atoms with Gasteiger partial charge in [-0.3, -0.25) is 4.79 Å². The predicted molar refractivity (Wildman–Crippen MR) is 103 cm³/mol. The zero-order chi connectivity index (χ0) is 20.4. The van der Waals surface area contributed by atoms with E-state index in [2.05, 4.69) is 18.8 Å². The number of hydrogen-bond donors (Lipinski definition) is 1. The highest BCUT2D eigenvalue weighted by molar-refractivity contribution is 5.95. The summed E-state index contributed by atoms with van der Waals surface area (Å²) in [5.41, 5.74) is 6.36. The summed E-state index contributed by atoms with van der Waals surface area (Å²) in [4.78, 5) is 21.5. The van der Waals surface area contributed by atoms with E-state index in [1.807, 2.05) is 18.2 Å². The third kappa shape index (κ3) is 2.38. The first-order valence-electron chi connectivity index (χ1n) is 9.60. The summed E-state index contributed by atoms with van der Waals surface area (Å²) in [6, 6.07) is 5.93. The first kappa shape index (κ1) is 18.2. The van der Waals surface area contributed by atoms with Crippen LogP contribution >= 0.6 is 0 Å². The highest BCUT2D eigenvalue weighted by Crippen LogP contribution is 2.62. The molecule has 152 valence electrons. The van der Waals surface area contributed by atoms with Crippen molar-refractivity contribution in [2.75, 3.05) is 19.8 Å². The molecule has 1 aromatic heterocycles. The van der Waals surface area contributed by atoms with Crippen molar-refractivity contribution in [1.82, 2.24) is 4.98 Å². The van der Waals surface area contributed by atoms with Crippen molar-refractivity contribution in [3.63, 3.8) is 0 Å². The van der Waals surface area contributed by atoms with E-state index in [1.165, 1.54) is 6.26 Å². The Balaban J connectivity index is 1.58. The lowest BCUT2D eigenvalue weighted by Gasteiger charge is -2.61. The molecule has 29 heavy (non-hydrogen) atoms. The topological polar surface area (TPSA) is 109 Å². The standard InChI is InChI=1S/C21H23N3O5/c1-12-23-15(8-27-12)16(25)7-13-4-5-17-14(6-13)21(11-28-18(22)24-21)20(9-26-10-20)19(2,3)29-17/h4-6,8H,7,9-11H2,1-3H3,(H2,22,24). The number of amidine groups is 1. The number of hydrogen-bond acceptors (Lipinski definition) is 8. The summed E-state index contributed by atoms with van der Waals surface area (Å²) in [5, 5.41) is 0. The molecule has 0 amide bonds. The van der Waals surface area contributed by atoms with E-state index >= 15 is 0 Å². The van der Waals surface area contributed by atoms with Crippen LogP contribution in [0.15, 0.2) is 33.9 Å². The first-order valence-corrected chi connectivity index (χ1v) is 9.60. The predicted octanol–water partition coefficient (Wildman–Crippen LogP) is 2.14. The molecule has 3 aliphatic rings. The fourth-order valence-corrected chi connectivity index (χ4v) is 4.70. The van der Waals surface area contributed by atoms with Gasteiger partial charge in [0.1, 0.15) is 35.5 Å². The Kier molecular flexibility index (Phi) is 3.65. The van der Waals surface area contributed by atoms with Gasteiger partial charge in [0, 0.05) is 18.9 Å². The molecule has 2 aromatic rings. The minimum atomic E-state index is -0.712.